The summed E-state index contributed by atoms with van der Waals surface area (Å²) in [6.07, 6.45) is 8.24. The van der Waals surface area contributed by atoms with Gasteiger partial charge < -0.3 is 14.1 Å². The molecule has 6 rings (SSSR count). The number of hydrogen-bond donors (Lipinski definition) is 0. The molecule has 3 aliphatic heterocycles. The molecule has 0 radical (unpaired) electrons. The molecular formula is C27H30N2O3. The molecule has 0 N–H and O–H groups in total. The highest BCUT2D eigenvalue weighted by Crippen LogP contribution is 2.35. The zero-order valence-electron chi connectivity index (χ0n) is 18.5. The Morgan fingerprint density at radius 2 is 1.84 bits per heavy atom. The largest absolute Gasteiger partial charge is 0.478 e. The van der Waals surface area contributed by atoms with Crippen LogP contribution >= 0.6 is 0 Å². The molecule has 5 heteroatoms. The fraction of sp³-hybridized carbons (Fsp3) is 0.444. The quantitative estimate of drug-likeness (QED) is 0.593. The second-order valence-corrected chi connectivity index (χ2v) is 9.55. The van der Waals surface area contributed by atoms with Crippen LogP contribution in [0.25, 0.3) is 22.1 Å². The van der Waals surface area contributed by atoms with Gasteiger partial charge in [-0.2, -0.15) is 0 Å². The maximum atomic E-state index is 13.3. The third-order valence-electron chi connectivity index (χ3n) is 7.59. The van der Waals surface area contributed by atoms with Crippen LogP contribution in [0.1, 0.15) is 37.7 Å². The first-order chi connectivity index (χ1) is 15.8. The van der Waals surface area contributed by atoms with Crippen LogP contribution < -0.4 is 10.2 Å². The summed E-state index contributed by atoms with van der Waals surface area (Å²) in [5, 5.41) is 0.631. The first-order valence-electron chi connectivity index (χ1n) is 12.0. The highest BCUT2D eigenvalue weighted by Gasteiger charge is 2.35. The predicted molar refractivity (Wildman–Crippen MR) is 126 cm³/mol. The van der Waals surface area contributed by atoms with Gasteiger partial charge in [-0.1, -0.05) is 36.8 Å². The zero-order valence-corrected chi connectivity index (χ0v) is 18.5. The van der Waals surface area contributed by atoms with Crippen LogP contribution in [0, 0.1) is 5.92 Å². The minimum atomic E-state index is 0.0162. The Morgan fingerprint density at radius 3 is 2.75 bits per heavy atom. The summed E-state index contributed by atoms with van der Waals surface area (Å²) in [6, 6.07) is 14.2. The number of fused-ring (bicyclic) bond motifs is 4. The van der Waals surface area contributed by atoms with Gasteiger partial charge in [0.05, 0.1) is 16.5 Å². The van der Waals surface area contributed by atoms with Gasteiger partial charge >= 0.3 is 0 Å². The Bertz CT molecular complexity index is 1170. The monoisotopic (exact) mass is 430 g/mol. The molecule has 5 nitrogen and oxygen atoms in total. The van der Waals surface area contributed by atoms with Gasteiger partial charge in [-0.15, -0.1) is 0 Å². The Morgan fingerprint density at radius 1 is 0.969 bits per heavy atom. The highest BCUT2D eigenvalue weighted by atomic mass is 16.5. The molecule has 2 saturated heterocycles. The van der Waals surface area contributed by atoms with E-state index >= 15 is 0 Å². The Hall–Kier alpha value is -2.63. The maximum Gasteiger partial charge on any atom is 0.200 e. The summed E-state index contributed by atoms with van der Waals surface area (Å²) in [6.45, 7) is 4.95. The normalized spacial score (nSPS) is 24.0. The zero-order chi connectivity index (χ0) is 21.5. The number of benzene rings is 2. The van der Waals surface area contributed by atoms with Crippen molar-refractivity contribution in [3.63, 3.8) is 0 Å². The second-order valence-electron chi connectivity index (χ2n) is 9.55. The first-order valence-corrected chi connectivity index (χ1v) is 12.0. The summed E-state index contributed by atoms with van der Waals surface area (Å²) in [5.74, 6) is 1.54. The van der Waals surface area contributed by atoms with E-state index in [0.717, 1.165) is 36.0 Å². The second kappa shape index (κ2) is 8.38. The minimum Gasteiger partial charge on any atom is -0.478 e. The molecule has 2 aromatic carbocycles. The standard InChI is InChI=1S/C27H30N2O3/c30-26-21-11-12-25-22(27(21)31-17-23(26)19-7-2-1-3-8-19)16-28(18-32-25)15-20-9-6-14-29-13-5-4-10-24(20)29/h1-3,7-8,11-12,17,20,24H,4-6,9-10,13-16,18H2/t20-,24+/m1/s1. The average molecular weight is 431 g/mol. The van der Waals surface area contributed by atoms with Crippen LogP contribution in [0.15, 0.2) is 57.9 Å². The molecule has 3 aliphatic rings. The Balaban J connectivity index is 1.29. The smallest absolute Gasteiger partial charge is 0.200 e. The van der Waals surface area contributed by atoms with Gasteiger partial charge in [0, 0.05) is 19.1 Å². The summed E-state index contributed by atoms with van der Waals surface area (Å²) in [4.78, 5) is 18.4. The predicted octanol–water partition coefficient (Wildman–Crippen LogP) is 4.88. The number of piperidine rings is 2. The van der Waals surface area contributed by atoms with E-state index in [1.54, 1.807) is 6.26 Å². The Labute approximate surface area is 188 Å². The van der Waals surface area contributed by atoms with E-state index in [0.29, 0.717) is 29.2 Å². The highest BCUT2D eigenvalue weighted by molar-refractivity contribution is 5.85. The lowest BCUT2D eigenvalue weighted by Crippen LogP contribution is -2.51. The lowest BCUT2D eigenvalue weighted by molar-refractivity contribution is 0.0146. The van der Waals surface area contributed by atoms with Crippen molar-refractivity contribution in [3.05, 3.63) is 64.5 Å². The molecule has 166 valence electrons. The van der Waals surface area contributed by atoms with Crippen molar-refractivity contribution in [2.24, 2.45) is 5.92 Å². The fourth-order valence-corrected chi connectivity index (χ4v) is 6.01. The van der Waals surface area contributed by atoms with Crippen LogP contribution in [0.3, 0.4) is 0 Å². The van der Waals surface area contributed by atoms with Crippen molar-refractivity contribution in [2.75, 3.05) is 26.4 Å². The van der Waals surface area contributed by atoms with E-state index < -0.39 is 0 Å². The van der Waals surface area contributed by atoms with Gasteiger partial charge in [-0.3, -0.25) is 9.69 Å². The summed E-state index contributed by atoms with van der Waals surface area (Å²) < 4.78 is 12.2. The van der Waals surface area contributed by atoms with Crippen LogP contribution in [-0.2, 0) is 6.54 Å². The number of ether oxygens (including phenoxy) is 1. The van der Waals surface area contributed by atoms with E-state index in [2.05, 4.69) is 9.80 Å². The van der Waals surface area contributed by atoms with E-state index in [-0.39, 0.29) is 5.43 Å². The summed E-state index contributed by atoms with van der Waals surface area (Å²) in [7, 11) is 0. The van der Waals surface area contributed by atoms with E-state index in [1.165, 1.54) is 45.2 Å². The molecule has 32 heavy (non-hydrogen) atoms. The van der Waals surface area contributed by atoms with Crippen molar-refractivity contribution in [2.45, 2.75) is 44.7 Å². The summed E-state index contributed by atoms with van der Waals surface area (Å²) in [5.41, 5.74) is 3.17. The lowest BCUT2D eigenvalue weighted by atomic mass is 9.83. The van der Waals surface area contributed by atoms with Crippen molar-refractivity contribution < 1.29 is 9.15 Å². The molecule has 3 aromatic rings. The van der Waals surface area contributed by atoms with Crippen molar-refractivity contribution in [1.82, 2.24) is 9.80 Å². The van der Waals surface area contributed by atoms with Gasteiger partial charge in [0.1, 0.15) is 24.3 Å². The molecule has 0 amide bonds. The van der Waals surface area contributed by atoms with E-state index in [4.69, 9.17) is 9.15 Å². The molecule has 0 bridgehead atoms. The third kappa shape index (κ3) is 3.54. The number of rotatable bonds is 3. The average Bonchev–Trinajstić information content (AvgIpc) is 2.85. The molecule has 1 aromatic heterocycles. The van der Waals surface area contributed by atoms with Gasteiger partial charge in [0.15, 0.2) is 0 Å². The Kier molecular flexibility index (Phi) is 5.24. The first kappa shape index (κ1) is 20.0. The minimum absolute atomic E-state index is 0.0162. The van der Waals surface area contributed by atoms with Gasteiger partial charge in [-0.25, -0.2) is 0 Å². The van der Waals surface area contributed by atoms with Crippen LogP contribution in [0.5, 0.6) is 5.75 Å². The topological polar surface area (TPSA) is 45.9 Å². The van der Waals surface area contributed by atoms with Crippen LogP contribution in [-0.4, -0.2) is 42.2 Å². The molecular weight excluding hydrogens is 400 g/mol. The van der Waals surface area contributed by atoms with Crippen LogP contribution in [0.4, 0.5) is 0 Å². The van der Waals surface area contributed by atoms with Crippen molar-refractivity contribution in [3.8, 4) is 16.9 Å². The third-order valence-corrected chi connectivity index (χ3v) is 7.59. The molecule has 2 atom stereocenters. The SMILES string of the molecule is O=c1c(-c2ccccc2)coc2c3c(ccc12)OCN(C[C@H]1CCCN2CCCC[C@@H]12)C3. The molecule has 0 saturated carbocycles. The van der Waals surface area contributed by atoms with Crippen molar-refractivity contribution in [1.29, 1.82) is 0 Å². The van der Waals surface area contributed by atoms with Crippen LogP contribution in [0.2, 0.25) is 0 Å². The molecule has 4 heterocycles. The molecule has 2 fully saturated rings. The molecule has 0 unspecified atom stereocenters. The molecule has 0 aliphatic carbocycles. The van der Waals surface area contributed by atoms with E-state index in [9.17, 15) is 4.79 Å². The lowest BCUT2D eigenvalue weighted by Gasteiger charge is -2.46. The van der Waals surface area contributed by atoms with Gasteiger partial charge in [0.25, 0.3) is 0 Å². The van der Waals surface area contributed by atoms with Gasteiger partial charge in [-0.05, 0) is 62.4 Å². The maximum absolute atomic E-state index is 13.3. The van der Waals surface area contributed by atoms with Crippen molar-refractivity contribution >= 4 is 11.0 Å². The summed E-state index contributed by atoms with van der Waals surface area (Å²) >= 11 is 0. The fourth-order valence-electron chi connectivity index (χ4n) is 6.01. The van der Waals surface area contributed by atoms with E-state index in [1.807, 2.05) is 42.5 Å². The molecule has 0 spiro atoms. The number of nitrogens with zero attached hydrogens (tertiary/aromatic N) is 2. The van der Waals surface area contributed by atoms with Gasteiger partial charge in [0.2, 0.25) is 5.43 Å². The number of hydrogen-bond acceptors (Lipinski definition) is 5.